The summed E-state index contributed by atoms with van der Waals surface area (Å²) in [7, 11) is 0. The smallest absolute Gasteiger partial charge is 0.338 e. The van der Waals surface area contributed by atoms with Crippen LogP contribution in [-0.4, -0.2) is 18.5 Å². The average Bonchev–Trinajstić information content (AvgIpc) is 2.47. The largest absolute Gasteiger partial charge is 0.452 e. The molecule has 0 unspecified atom stereocenters. The number of hydrogen-bond donors (Lipinski definition) is 1. The number of carbonyl (C=O) groups excluding carboxylic acids is 2. The van der Waals surface area contributed by atoms with Crippen LogP contribution in [0.15, 0.2) is 53.0 Å². The van der Waals surface area contributed by atoms with Gasteiger partial charge in [-0.05, 0) is 37.3 Å². The maximum Gasteiger partial charge on any atom is 0.338 e. The molecule has 0 atom stereocenters. The molecular formula is C16H14BrNO3. The van der Waals surface area contributed by atoms with Crippen molar-refractivity contribution in [2.24, 2.45) is 0 Å². The van der Waals surface area contributed by atoms with Gasteiger partial charge in [-0.1, -0.05) is 39.7 Å². The first-order chi connectivity index (χ1) is 10.0. The summed E-state index contributed by atoms with van der Waals surface area (Å²) in [5, 5.41) is 2.66. The molecule has 0 heterocycles. The number of rotatable bonds is 4. The number of nitrogens with one attached hydrogen (secondary N) is 1. The van der Waals surface area contributed by atoms with Crippen molar-refractivity contribution in [1.82, 2.24) is 0 Å². The lowest BCUT2D eigenvalue weighted by Crippen LogP contribution is -2.20. The molecule has 0 saturated heterocycles. The third-order valence-electron chi connectivity index (χ3n) is 2.73. The van der Waals surface area contributed by atoms with Crippen LogP contribution >= 0.6 is 15.9 Å². The van der Waals surface area contributed by atoms with E-state index in [1.807, 2.05) is 19.1 Å². The summed E-state index contributed by atoms with van der Waals surface area (Å²) < 4.78 is 5.75. The number of benzene rings is 2. The molecule has 108 valence electrons. The van der Waals surface area contributed by atoms with E-state index in [1.54, 1.807) is 36.4 Å². The number of hydrogen-bond acceptors (Lipinski definition) is 3. The predicted octanol–water partition coefficient (Wildman–Crippen LogP) is 3.55. The molecule has 0 bridgehead atoms. The third kappa shape index (κ3) is 4.72. The highest BCUT2D eigenvalue weighted by Crippen LogP contribution is 2.12. The van der Waals surface area contributed by atoms with Crippen molar-refractivity contribution in [3.8, 4) is 0 Å². The lowest BCUT2D eigenvalue weighted by Gasteiger charge is -2.07. The molecule has 0 aliphatic rings. The van der Waals surface area contributed by atoms with Gasteiger partial charge in [0.15, 0.2) is 6.61 Å². The summed E-state index contributed by atoms with van der Waals surface area (Å²) in [5.74, 6) is -0.905. The Bertz CT molecular complexity index is 653. The van der Waals surface area contributed by atoms with Crippen molar-refractivity contribution in [3.05, 3.63) is 64.1 Å². The third-order valence-corrected chi connectivity index (χ3v) is 3.22. The van der Waals surface area contributed by atoms with Gasteiger partial charge in [0.25, 0.3) is 5.91 Å². The molecule has 4 nitrogen and oxygen atoms in total. The molecule has 0 radical (unpaired) electrons. The van der Waals surface area contributed by atoms with Crippen molar-refractivity contribution in [1.29, 1.82) is 0 Å². The maximum atomic E-state index is 11.8. The van der Waals surface area contributed by atoms with E-state index < -0.39 is 5.97 Å². The van der Waals surface area contributed by atoms with Crippen molar-refractivity contribution < 1.29 is 14.3 Å². The lowest BCUT2D eigenvalue weighted by molar-refractivity contribution is -0.119. The normalized spacial score (nSPS) is 10.0. The predicted molar refractivity (Wildman–Crippen MR) is 84.2 cm³/mol. The Labute approximate surface area is 131 Å². The Kier molecular flexibility index (Phi) is 5.11. The van der Waals surface area contributed by atoms with Crippen LogP contribution in [0, 0.1) is 6.92 Å². The molecule has 0 aliphatic heterocycles. The SMILES string of the molecule is Cc1ccc(NC(=O)COC(=O)c2cccc(Br)c2)cc1. The maximum absolute atomic E-state index is 11.8. The molecule has 0 aromatic heterocycles. The number of carbonyl (C=O) groups is 2. The van der Waals surface area contributed by atoms with E-state index in [4.69, 9.17) is 4.74 Å². The number of halogens is 1. The van der Waals surface area contributed by atoms with E-state index in [0.29, 0.717) is 11.3 Å². The van der Waals surface area contributed by atoms with Gasteiger partial charge in [0.2, 0.25) is 0 Å². The van der Waals surface area contributed by atoms with Gasteiger partial charge in [0, 0.05) is 10.2 Å². The van der Waals surface area contributed by atoms with E-state index in [9.17, 15) is 9.59 Å². The fourth-order valence-electron chi connectivity index (χ4n) is 1.66. The molecule has 0 spiro atoms. The van der Waals surface area contributed by atoms with Crippen LogP contribution in [0.2, 0.25) is 0 Å². The molecular weight excluding hydrogens is 334 g/mol. The highest BCUT2D eigenvalue weighted by Gasteiger charge is 2.10. The Balaban J connectivity index is 1.86. The molecule has 0 fully saturated rings. The molecule has 2 rings (SSSR count). The minimum atomic E-state index is -0.532. The second-order valence-electron chi connectivity index (χ2n) is 4.50. The lowest BCUT2D eigenvalue weighted by atomic mass is 10.2. The van der Waals surface area contributed by atoms with Crippen molar-refractivity contribution in [3.63, 3.8) is 0 Å². The van der Waals surface area contributed by atoms with Gasteiger partial charge in [-0.3, -0.25) is 4.79 Å². The summed E-state index contributed by atoms with van der Waals surface area (Å²) in [4.78, 5) is 23.5. The first-order valence-electron chi connectivity index (χ1n) is 6.34. The fourth-order valence-corrected chi connectivity index (χ4v) is 2.06. The van der Waals surface area contributed by atoms with Crippen molar-refractivity contribution >= 4 is 33.5 Å². The highest BCUT2D eigenvalue weighted by atomic mass is 79.9. The minimum Gasteiger partial charge on any atom is -0.452 e. The van der Waals surface area contributed by atoms with Crippen LogP contribution in [0.1, 0.15) is 15.9 Å². The molecule has 2 aromatic carbocycles. The highest BCUT2D eigenvalue weighted by molar-refractivity contribution is 9.10. The summed E-state index contributed by atoms with van der Waals surface area (Å²) in [5.41, 5.74) is 2.17. The first-order valence-corrected chi connectivity index (χ1v) is 7.13. The van der Waals surface area contributed by atoms with Crippen LogP contribution in [-0.2, 0) is 9.53 Å². The fraction of sp³-hybridized carbons (Fsp3) is 0.125. The van der Waals surface area contributed by atoms with Crippen LogP contribution < -0.4 is 5.32 Å². The average molecular weight is 348 g/mol. The Morgan fingerprint density at radius 3 is 2.52 bits per heavy atom. The van der Waals surface area contributed by atoms with Gasteiger partial charge in [0.05, 0.1) is 5.56 Å². The van der Waals surface area contributed by atoms with Gasteiger partial charge < -0.3 is 10.1 Å². The first kappa shape index (κ1) is 15.3. The summed E-state index contributed by atoms with van der Waals surface area (Å²) in [6.07, 6.45) is 0. The van der Waals surface area contributed by atoms with Gasteiger partial charge in [-0.15, -0.1) is 0 Å². The molecule has 0 aliphatic carbocycles. The van der Waals surface area contributed by atoms with E-state index in [-0.39, 0.29) is 12.5 Å². The van der Waals surface area contributed by atoms with Crippen LogP contribution in [0.5, 0.6) is 0 Å². The Morgan fingerprint density at radius 2 is 1.86 bits per heavy atom. The number of anilines is 1. The quantitative estimate of drug-likeness (QED) is 0.860. The molecule has 21 heavy (non-hydrogen) atoms. The van der Waals surface area contributed by atoms with Crippen LogP contribution in [0.25, 0.3) is 0 Å². The second-order valence-corrected chi connectivity index (χ2v) is 5.42. The minimum absolute atomic E-state index is 0.320. The number of esters is 1. The Morgan fingerprint density at radius 1 is 1.14 bits per heavy atom. The van der Waals surface area contributed by atoms with Crippen LogP contribution in [0.4, 0.5) is 5.69 Å². The molecule has 2 aromatic rings. The molecule has 0 saturated carbocycles. The zero-order chi connectivity index (χ0) is 15.2. The van der Waals surface area contributed by atoms with Gasteiger partial charge in [-0.2, -0.15) is 0 Å². The van der Waals surface area contributed by atoms with Gasteiger partial charge >= 0.3 is 5.97 Å². The summed E-state index contributed by atoms with van der Waals surface area (Å²) in [6, 6.07) is 14.2. The van der Waals surface area contributed by atoms with Crippen molar-refractivity contribution in [2.45, 2.75) is 6.92 Å². The number of aryl methyl sites for hydroxylation is 1. The van der Waals surface area contributed by atoms with E-state index in [1.165, 1.54) is 0 Å². The number of ether oxygens (including phenoxy) is 1. The monoisotopic (exact) mass is 347 g/mol. The zero-order valence-corrected chi connectivity index (χ0v) is 13.0. The Hall–Kier alpha value is -2.14. The van der Waals surface area contributed by atoms with Crippen molar-refractivity contribution in [2.75, 3.05) is 11.9 Å². The number of amides is 1. The topological polar surface area (TPSA) is 55.4 Å². The molecule has 5 heteroatoms. The van der Waals surface area contributed by atoms with Gasteiger partial charge in [-0.25, -0.2) is 4.79 Å². The standard InChI is InChI=1S/C16H14BrNO3/c1-11-5-7-14(8-6-11)18-15(19)10-21-16(20)12-3-2-4-13(17)9-12/h2-9H,10H2,1H3,(H,18,19). The summed E-state index contributed by atoms with van der Waals surface area (Å²) in [6.45, 7) is 1.64. The van der Waals surface area contributed by atoms with E-state index >= 15 is 0 Å². The van der Waals surface area contributed by atoms with E-state index in [0.717, 1.165) is 10.0 Å². The van der Waals surface area contributed by atoms with E-state index in [2.05, 4.69) is 21.2 Å². The summed E-state index contributed by atoms with van der Waals surface area (Å²) >= 11 is 3.27. The molecule has 1 amide bonds. The zero-order valence-electron chi connectivity index (χ0n) is 11.4. The van der Waals surface area contributed by atoms with Gasteiger partial charge in [0.1, 0.15) is 0 Å². The molecule has 1 N–H and O–H groups in total. The van der Waals surface area contributed by atoms with Crippen LogP contribution in [0.3, 0.4) is 0 Å². The second kappa shape index (κ2) is 7.04.